The average molecular weight is 369 g/mol. The predicted molar refractivity (Wildman–Crippen MR) is 98.9 cm³/mol. The topological polar surface area (TPSA) is 107 Å². The average Bonchev–Trinajstić information content (AvgIpc) is 3.09. The van der Waals surface area contributed by atoms with Gasteiger partial charge in [-0.05, 0) is 31.9 Å². The van der Waals surface area contributed by atoms with E-state index < -0.39 is 11.9 Å². The number of urea groups is 1. The zero-order valence-electron chi connectivity index (χ0n) is 15.2. The number of para-hydroxylation sites is 2. The molecule has 3 N–H and O–H groups in total. The lowest BCUT2D eigenvalue weighted by Crippen LogP contribution is -2.58. The van der Waals surface area contributed by atoms with Crippen molar-refractivity contribution in [1.29, 1.82) is 0 Å². The van der Waals surface area contributed by atoms with Gasteiger partial charge in [0.2, 0.25) is 11.8 Å². The van der Waals surface area contributed by atoms with Crippen LogP contribution < -0.4 is 10.6 Å². The SMILES string of the molecule is CC1NC(=O)NC(=O)C1CC(=O)N1CCC(c2nc3ccccc3[nH]2)CC1. The van der Waals surface area contributed by atoms with Crippen molar-refractivity contribution in [2.24, 2.45) is 5.92 Å². The monoisotopic (exact) mass is 369 g/mol. The maximum absolute atomic E-state index is 12.6. The summed E-state index contributed by atoms with van der Waals surface area (Å²) < 4.78 is 0. The summed E-state index contributed by atoms with van der Waals surface area (Å²) in [6, 6.07) is 7.12. The number of hydrogen-bond donors (Lipinski definition) is 3. The molecular weight excluding hydrogens is 346 g/mol. The molecule has 2 fully saturated rings. The second-order valence-electron chi connectivity index (χ2n) is 7.36. The Bertz CT molecular complexity index is 851. The van der Waals surface area contributed by atoms with Crippen LogP contribution in [0, 0.1) is 5.92 Å². The van der Waals surface area contributed by atoms with Gasteiger partial charge in [-0.1, -0.05) is 12.1 Å². The van der Waals surface area contributed by atoms with Gasteiger partial charge in [0.25, 0.3) is 0 Å². The highest BCUT2D eigenvalue weighted by Crippen LogP contribution is 2.28. The van der Waals surface area contributed by atoms with E-state index in [0.29, 0.717) is 19.0 Å². The molecule has 4 rings (SSSR count). The molecule has 0 saturated carbocycles. The molecule has 2 aromatic rings. The third-order valence-corrected chi connectivity index (χ3v) is 5.57. The number of carbonyl (C=O) groups excluding carboxylic acids is 3. The Hall–Kier alpha value is -2.90. The van der Waals surface area contributed by atoms with Gasteiger partial charge in [-0.2, -0.15) is 0 Å². The second kappa shape index (κ2) is 7.02. The van der Waals surface area contributed by atoms with E-state index >= 15 is 0 Å². The minimum absolute atomic E-state index is 0.0406. The Morgan fingerprint density at radius 2 is 1.96 bits per heavy atom. The van der Waals surface area contributed by atoms with E-state index in [9.17, 15) is 14.4 Å². The smallest absolute Gasteiger partial charge is 0.321 e. The molecule has 2 saturated heterocycles. The number of piperidine rings is 1. The van der Waals surface area contributed by atoms with Crippen molar-refractivity contribution in [3.8, 4) is 0 Å². The molecule has 27 heavy (non-hydrogen) atoms. The fourth-order valence-corrected chi connectivity index (χ4v) is 3.93. The number of imidazole rings is 1. The minimum Gasteiger partial charge on any atom is -0.343 e. The molecule has 2 atom stereocenters. The van der Waals surface area contributed by atoms with E-state index in [1.807, 2.05) is 29.2 Å². The number of aromatic nitrogens is 2. The Kier molecular flexibility index (Phi) is 4.55. The van der Waals surface area contributed by atoms with E-state index in [-0.39, 0.29) is 24.3 Å². The predicted octanol–water partition coefficient (Wildman–Crippen LogP) is 1.50. The zero-order valence-corrected chi connectivity index (χ0v) is 15.2. The number of H-pyrrole nitrogens is 1. The Morgan fingerprint density at radius 1 is 1.22 bits per heavy atom. The number of likely N-dealkylation sites (tertiary alicyclic amines) is 1. The molecule has 2 unspecified atom stereocenters. The molecular formula is C19H23N5O3. The van der Waals surface area contributed by atoms with Crippen LogP contribution in [0.1, 0.15) is 37.9 Å². The van der Waals surface area contributed by atoms with Gasteiger partial charge in [-0.3, -0.25) is 14.9 Å². The quantitative estimate of drug-likeness (QED) is 0.762. The number of nitrogens with one attached hydrogen (secondary N) is 3. The third kappa shape index (κ3) is 3.51. The van der Waals surface area contributed by atoms with Crippen LogP contribution in [0.15, 0.2) is 24.3 Å². The van der Waals surface area contributed by atoms with Crippen molar-refractivity contribution < 1.29 is 14.4 Å². The number of imide groups is 1. The highest BCUT2D eigenvalue weighted by molar-refractivity contribution is 6.00. The maximum Gasteiger partial charge on any atom is 0.321 e. The number of aromatic amines is 1. The first-order valence-corrected chi connectivity index (χ1v) is 9.35. The third-order valence-electron chi connectivity index (χ3n) is 5.57. The van der Waals surface area contributed by atoms with Crippen LogP contribution in [0.5, 0.6) is 0 Å². The Labute approximate surface area is 156 Å². The Balaban J connectivity index is 1.35. The van der Waals surface area contributed by atoms with Crippen molar-refractivity contribution in [1.82, 2.24) is 25.5 Å². The molecule has 1 aromatic heterocycles. The van der Waals surface area contributed by atoms with E-state index in [2.05, 4.69) is 20.6 Å². The zero-order chi connectivity index (χ0) is 19.0. The molecule has 2 aliphatic heterocycles. The Morgan fingerprint density at radius 3 is 2.67 bits per heavy atom. The van der Waals surface area contributed by atoms with Gasteiger partial charge in [0, 0.05) is 31.5 Å². The number of carbonyl (C=O) groups is 3. The number of hydrogen-bond acceptors (Lipinski definition) is 4. The molecule has 0 spiro atoms. The van der Waals surface area contributed by atoms with Crippen molar-refractivity contribution in [3.63, 3.8) is 0 Å². The summed E-state index contributed by atoms with van der Waals surface area (Å²) in [4.78, 5) is 45.8. The first-order chi connectivity index (χ1) is 13.0. The van der Waals surface area contributed by atoms with Crippen LogP contribution in [0.25, 0.3) is 11.0 Å². The van der Waals surface area contributed by atoms with Crippen molar-refractivity contribution in [2.45, 2.75) is 38.1 Å². The molecule has 8 nitrogen and oxygen atoms in total. The molecule has 8 heteroatoms. The van der Waals surface area contributed by atoms with Gasteiger partial charge >= 0.3 is 6.03 Å². The van der Waals surface area contributed by atoms with Crippen LogP contribution in [0.3, 0.4) is 0 Å². The number of rotatable bonds is 3. The van der Waals surface area contributed by atoms with Crippen molar-refractivity contribution in [2.75, 3.05) is 13.1 Å². The standard InChI is InChI=1S/C19H23N5O3/c1-11-13(18(26)23-19(27)20-11)10-16(25)24-8-6-12(7-9-24)17-21-14-4-2-3-5-15(14)22-17/h2-5,11-13H,6-10H2,1H3,(H,21,22)(H2,20,23,26,27). The van der Waals surface area contributed by atoms with E-state index in [0.717, 1.165) is 29.7 Å². The summed E-state index contributed by atoms with van der Waals surface area (Å²) in [5.41, 5.74) is 2.00. The lowest BCUT2D eigenvalue weighted by atomic mass is 9.92. The lowest BCUT2D eigenvalue weighted by Gasteiger charge is -2.34. The summed E-state index contributed by atoms with van der Waals surface area (Å²) in [5, 5.41) is 4.89. The normalized spacial score (nSPS) is 24.0. The first-order valence-electron chi connectivity index (χ1n) is 9.35. The highest BCUT2D eigenvalue weighted by atomic mass is 16.2. The summed E-state index contributed by atoms with van der Waals surface area (Å²) in [7, 11) is 0. The number of benzene rings is 1. The van der Waals surface area contributed by atoms with Crippen LogP contribution in [0.2, 0.25) is 0 Å². The molecule has 0 aliphatic carbocycles. The summed E-state index contributed by atoms with van der Waals surface area (Å²) in [6.45, 7) is 3.05. The van der Waals surface area contributed by atoms with Crippen molar-refractivity contribution >= 4 is 28.9 Å². The van der Waals surface area contributed by atoms with Gasteiger partial charge in [0.05, 0.1) is 17.0 Å². The summed E-state index contributed by atoms with van der Waals surface area (Å²) in [6.07, 6.45) is 1.80. The van der Waals surface area contributed by atoms with Gasteiger partial charge in [-0.15, -0.1) is 0 Å². The molecule has 3 heterocycles. The molecule has 4 amide bonds. The second-order valence-corrected chi connectivity index (χ2v) is 7.36. The molecule has 2 aliphatic rings. The number of amides is 4. The highest BCUT2D eigenvalue weighted by Gasteiger charge is 2.36. The molecule has 0 bridgehead atoms. The molecule has 142 valence electrons. The van der Waals surface area contributed by atoms with Crippen LogP contribution in [-0.4, -0.2) is 51.8 Å². The van der Waals surface area contributed by atoms with Gasteiger partial charge in [-0.25, -0.2) is 9.78 Å². The summed E-state index contributed by atoms with van der Waals surface area (Å²) in [5.74, 6) is 0.338. The molecule has 0 radical (unpaired) electrons. The molecule has 1 aromatic carbocycles. The van der Waals surface area contributed by atoms with E-state index in [4.69, 9.17) is 0 Å². The van der Waals surface area contributed by atoms with Crippen molar-refractivity contribution in [3.05, 3.63) is 30.1 Å². The number of nitrogens with zero attached hydrogens (tertiary/aromatic N) is 2. The maximum atomic E-state index is 12.6. The van der Waals surface area contributed by atoms with Crippen LogP contribution >= 0.6 is 0 Å². The van der Waals surface area contributed by atoms with Gasteiger partial charge in [0.1, 0.15) is 5.82 Å². The first kappa shape index (κ1) is 17.5. The van der Waals surface area contributed by atoms with Crippen LogP contribution in [-0.2, 0) is 9.59 Å². The number of fused-ring (bicyclic) bond motifs is 1. The van der Waals surface area contributed by atoms with Gasteiger partial charge in [0.15, 0.2) is 0 Å². The summed E-state index contributed by atoms with van der Waals surface area (Å²) >= 11 is 0. The fourth-order valence-electron chi connectivity index (χ4n) is 3.93. The van der Waals surface area contributed by atoms with E-state index in [1.54, 1.807) is 6.92 Å². The lowest BCUT2D eigenvalue weighted by molar-refractivity contribution is -0.137. The minimum atomic E-state index is -0.525. The fraction of sp³-hybridized carbons (Fsp3) is 0.474. The van der Waals surface area contributed by atoms with Gasteiger partial charge < -0.3 is 15.2 Å². The van der Waals surface area contributed by atoms with Crippen LogP contribution in [0.4, 0.5) is 4.79 Å². The van der Waals surface area contributed by atoms with E-state index in [1.165, 1.54) is 0 Å². The largest absolute Gasteiger partial charge is 0.343 e.